The predicted octanol–water partition coefficient (Wildman–Crippen LogP) is 2.67. The third-order valence-electron chi connectivity index (χ3n) is 3.36. The molecule has 1 aliphatic rings. The maximum atomic E-state index is 6.24. The van der Waals surface area contributed by atoms with Gasteiger partial charge in [0.05, 0.1) is 6.61 Å². The standard InChI is InChI=1S/C13H19NO/c1-3-9(2)12(14)11-6-4-5-10-7-8-15-13(10)11/h4-6,9,12H,3,7-8,14H2,1-2H3. The Morgan fingerprint density at radius 3 is 3.00 bits per heavy atom. The summed E-state index contributed by atoms with van der Waals surface area (Å²) in [6.07, 6.45) is 2.13. The topological polar surface area (TPSA) is 35.2 Å². The van der Waals surface area contributed by atoms with Crippen molar-refractivity contribution in [3.05, 3.63) is 29.3 Å². The van der Waals surface area contributed by atoms with Crippen LogP contribution in [0.5, 0.6) is 5.75 Å². The minimum Gasteiger partial charge on any atom is -0.493 e. The lowest BCUT2D eigenvalue weighted by molar-refractivity contribution is 0.344. The fourth-order valence-corrected chi connectivity index (χ4v) is 2.06. The number of nitrogens with two attached hydrogens (primary N) is 1. The molecule has 2 heteroatoms. The summed E-state index contributed by atoms with van der Waals surface area (Å²) >= 11 is 0. The molecule has 15 heavy (non-hydrogen) atoms. The Morgan fingerprint density at radius 2 is 2.27 bits per heavy atom. The number of hydrogen-bond acceptors (Lipinski definition) is 2. The van der Waals surface area contributed by atoms with Gasteiger partial charge in [-0.15, -0.1) is 0 Å². The molecule has 2 N–H and O–H groups in total. The van der Waals surface area contributed by atoms with Crippen LogP contribution in [0.3, 0.4) is 0 Å². The molecular formula is C13H19NO. The number of fused-ring (bicyclic) bond motifs is 1. The first-order valence-electron chi connectivity index (χ1n) is 5.74. The van der Waals surface area contributed by atoms with Crippen LogP contribution in [0.15, 0.2) is 18.2 Å². The molecule has 0 fully saturated rings. The van der Waals surface area contributed by atoms with E-state index in [2.05, 4.69) is 32.0 Å². The monoisotopic (exact) mass is 205 g/mol. The fourth-order valence-electron chi connectivity index (χ4n) is 2.06. The zero-order valence-electron chi connectivity index (χ0n) is 9.49. The smallest absolute Gasteiger partial charge is 0.127 e. The van der Waals surface area contributed by atoms with Gasteiger partial charge in [0.2, 0.25) is 0 Å². The van der Waals surface area contributed by atoms with E-state index in [1.54, 1.807) is 0 Å². The number of rotatable bonds is 3. The van der Waals surface area contributed by atoms with Crippen LogP contribution in [0.4, 0.5) is 0 Å². The molecule has 2 unspecified atom stereocenters. The lowest BCUT2D eigenvalue weighted by atomic mass is 9.91. The molecule has 2 atom stereocenters. The Morgan fingerprint density at radius 1 is 1.47 bits per heavy atom. The molecule has 0 aliphatic carbocycles. The quantitative estimate of drug-likeness (QED) is 0.823. The highest BCUT2D eigenvalue weighted by atomic mass is 16.5. The van der Waals surface area contributed by atoms with E-state index in [4.69, 9.17) is 10.5 Å². The minimum atomic E-state index is 0.100. The average molecular weight is 205 g/mol. The van der Waals surface area contributed by atoms with Crippen LogP contribution in [-0.2, 0) is 6.42 Å². The SMILES string of the molecule is CCC(C)C(N)c1cccc2c1OCC2. The van der Waals surface area contributed by atoms with Gasteiger partial charge in [0.25, 0.3) is 0 Å². The van der Waals surface area contributed by atoms with Crippen molar-refractivity contribution >= 4 is 0 Å². The molecule has 0 radical (unpaired) electrons. The average Bonchev–Trinajstić information content (AvgIpc) is 2.74. The molecule has 1 aliphatic heterocycles. The third kappa shape index (κ3) is 1.86. The van der Waals surface area contributed by atoms with Crippen LogP contribution in [0, 0.1) is 5.92 Å². The first-order chi connectivity index (χ1) is 7.24. The minimum absolute atomic E-state index is 0.100. The van der Waals surface area contributed by atoms with Crippen molar-refractivity contribution in [2.45, 2.75) is 32.7 Å². The molecule has 82 valence electrons. The number of ether oxygens (including phenoxy) is 1. The highest BCUT2D eigenvalue weighted by molar-refractivity contribution is 5.45. The van der Waals surface area contributed by atoms with E-state index in [0.29, 0.717) is 5.92 Å². The Balaban J connectivity index is 2.32. The molecule has 1 aromatic rings. The summed E-state index contributed by atoms with van der Waals surface area (Å²) < 4.78 is 5.67. The molecule has 0 bridgehead atoms. The second kappa shape index (κ2) is 4.23. The summed E-state index contributed by atoms with van der Waals surface area (Å²) in [5.74, 6) is 1.55. The van der Waals surface area contributed by atoms with Gasteiger partial charge in [-0.05, 0) is 11.5 Å². The predicted molar refractivity (Wildman–Crippen MR) is 62.0 cm³/mol. The van der Waals surface area contributed by atoms with Crippen LogP contribution in [0.2, 0.25) is 0 Å². The van der Waals surface area contributed by atoms with Crippen molar-refractivity contribution in [1.29, 1.82) is 0 Å². The van der Waals surface area contributed by atoms with E-state index in [1.165, 1.54) is 11.1 Å². The molecule has 0 amide bonds. The first-order valence-corrected chi connectivity index (χ1v) is 5.74. The number of benzene rings is 1. The molecule has 0 spiro atoms. The van der Waals surface area contributed by atoms with Crippen LogP contribution in [-0.4, -0.2) is 6.61 Å². The van der Waals surface area contributed by atoms with Crippen molar-refractivity contribution in [3.8, 4) is 5.75 Å². The molecule has 0 aromatic heterocycles. The molecular weight excluding hydrogens is 186 g/mol. The Kier molecular flexibility index (Phi) is 2.96. The van der Waals surface area contributed by atoms with Gasteiger partial charge in [-0.3, -0.25) is 0 Å². The maximum Gasteiger partial charge on any atom is 0.127 e. The summed E-state index contributed by atoms with van der Waals surface area (Å²) in [6, 6.07) is 6.42. The molecule has 0 saturated carbocycles. The van der Waals surface area contributed by atoms with E-state index < -0.39 is 0 Å². The Hall–Kier alpha value is -1.02. The largest absolute Gasteiger partial charge is 0.493 e. The lowest BCUT2D eigenvalue weighted by Crippen LogP contribution is -2.19. The van der Waals surface area contributed by atoms with Gasteiger partial charge in [0, 0.05) is 18.0 Å². The summed E-state index contributed by atoms with van der Waals surface area (Å²) in [4.78, 5) is 0. The lowest BCUT2D eigenvalue weighted by Gasteiger charge is -2.20. The summed E-state index contributed by atoms with van der Waals surface area (Å²) in [5.41, 5.74) is 8.73. The van der Waals surface area contributed by atoms with E-state index in [-0.39, 0.29) is 6.04 Å². The van der Waals surface area contributed by atoms with Crippen LogP contribution in [0.1, 0.15) is 37.4 Å². The Labute approximate surface area is 91.4 Å². The highest BCUT2D eigenvalue weighted by Crippen LogP contribution is 2.35. The zero-order valence-corrected chi connectivity index (χ0v) is 9.49. The zero-order chi connectivity index (χ0) is 10.8. The summed E-state index contributed by atoms with van der Waals surface area (Å²) in [5, 5.41) is 0. The second-order valence-corrected chi connectivity index (χ2v) is 4.35. The number of para-hydroxylation sites is 1. The van der Waals surface area contributed by atoms with Crippen molar-refractivity contribution in [2.75, 3.05) is 6.61 Å². The fraction of sp³-hybridized carbons (Fsp3) is 0.538. The van der Waals surface area contributed by atoms with Gasteiger partial charge in [-0.25, -0.2) is 0 Å². The van der Waals surface area contributed by atoms with E-state index in [0.717, 1.165) is 25.2 Å². The van der Waals surface area contributed by atoms with Crippen molar-refractivity contribution in [3.63, 3.8) is 0 Å². The van der Waals surface area contributed by atoms with Crippen LogP contribution >= 0.6 is 0 Å². The maximum absolute atomic E-state index is 6.24. The Bertz CT molecular complexity index is 348. The number of hydrogen-bond donors (Lipinski definition) is 1. The first kappa shape index (κ1) is 10.5. The van der Waals surface area contributed by atoms with Crippen molar-refractivity contribution in [2.24, 2.45) is 11.7 Å². The van der Waals surface area contributed by atoms with E-state index in [1.807, 2.05) is 0 Å². The normalized spacial score (nSPS) is 18.1. The van der Waals surface area contributed by atoms with Gasteiger partial charge in [0.15, 0.2) is 0 Å². The molecule has 1 aromatic carbocycles. The molecule has 1 heterocycles. The highest BCUT2D eigenvalue weighted by Gasteiger charge is 2.22. The van der Waals surface area contributed by atoms with Crippen molar-refractivity contribution < 1.29 is 4.74 Å². The molecule has 2 nitrogen and oxygen atoms in total. The van der Waals surface area contributed by atoms with Crippen LogP contribution < -0.4 is 10.5 Å². The van der Waals surface area contributed by atoms with Gasteiger partial charge in [-0.2, -0.15) is 0 Å². The summed E-state index contributed by atoms with van der Waals surface area (Å²) in [6.45, 7) is 5.17. The van der Waals surface area contributed by atoms with Gasteiger partial charge < -0.3 is 10.5 Å². The van der Waals surface area contributed by atoms with Crippen molar-refractivity contribution in [1.82, 2.24) is 0 Å². The molecule has 2 rings (SSSR count). The third-order valence-corrected chi connectivity index (χ3v) is 3.36. The van der Waals surface area contributed by atoms with Gasteiger partial charge in [0.1, 0.15) is 5.75 Å². The van der Waals surface area contributed by atoms with E-state index in [9.17, 15) is 0 Å². The van der Waals surface area contributed by atoms with Gasteiger partial charge >= 0.3 is 0 Å². The second-order valence-electron chi connectivity index (χ2n) is 4.35. The van der Waals surface area contributed by atoms with E-state index >= 15 is 0 Å². The summed E-state index contributed by atoms with van der Waals surface area (Å²) in [7, 11) is 0. The van der Waals surface area contributed by atoms with Gasteiger partial charge in [-0.1, -0.05) is 38.5 Å². The molecule has 0 saturated heterocycles. The van der Waals surface area contributed by atoms with Crippen LogP contribution in [0.25, 0.3) is 0 Å².